The summed E-state index contributed by atoms with van der Waals surface area (Å²) in [5, 5.41) is 8.66. The molecule has 0 aromatic heterocycles. The standard InChI is InChI=1S/C21H26ClN3/c1-5-15(2)16(3)25(4)21(22)24-20(23)19-13-9-12-18(14-19)17-10-7-6-8-11-17/h6-16,23H,5H2,1-4H3/b23-20?,24-21-/t15?,16-/m0/s1. The van der Waals surface area contributed by atoms with Crippen molar-refractivity contribution in [3.8, 4) is 11.1 Å². The van der Waals surface area contributed by atoms with Crippen molar-refractivity contribution in [1.82, 2.24) is 4.90 Å². The van der Waals surface area contributed by atoms with Gasteiger partial charge in [-0.15, -0.1) is 0 Å². The van der Waals surface area contributed by atoms with Crippen LogP contribution in [0.5, 0.6) is 0 Å². The quantitative estimate of drug-likeness (QED) is 0.420. The second-order valence-corrected chi connectivity index (χ2v) is 6.75. The molecule has 0 fully saturated rings. The molecule has 2 aromatic carbocycles. The predicted molar refractivity (Wildman–Crippen MR) is 109 cm³/mol. The molecule has 0 bridgehead atoms. The maximum absolute atomic E-state index is 8.31. The molecule has 0 saturated heterocycles. The zero-order valence-electron chi connectivity index (χ0n) is 15.3. The van der Waals surface area contributed by atoms with Crippen molar-refractivity contribution in [2.45, 2.75) is 33.2 Å². The lowest BCUT2D eigenvalue weighted by molar-refractivity contribution is 0.291. The molecule has 0 heterocycles. The molecule has 2 aromatic rings. The SMILES string of the molecule is CCC(C)[C@H](C)N(C)/C(Cl)=N\C(=N)c1cccc(-c2ccccc2)c1. The van der Waals surface area contributed by atoms with E-state index in [2.05, 4.69) is 37.9 Å². The molecule has 0 radical (unpaired) electrons. The van der Waals surface area contributed by atoms with Crippen LogP contribution in [0.15, 0.2) is 59.6 Å². The number of aliphatic imine (C=N–C) groups is 1. The number of hydrogen-bond donors (Lipinski definition) is 1. The third-order valence-corrected chi connectivity index (χ3v) is 5.17. The second kappa shape index (κ2) is 8.82. The van der Waals surface area contributed by atoms with Gasteiger partial charge < -0.3 is 4.90 Å². The largest absolute Gasteiger partial charge is 0.347 e. The van der Waals surface area contributed by atoms with E-state index < -0.39 is 0 Å². The van der Waals surface area contributed by atoms with Gasteiger partial charge in [-0.2, -0.15) is 0 Å². The molecular weight excluding hydrogens is 330 g/mol. The Balaban J connectivity index is 2.20. The Morgan fingerprint density at radius 3 is 2.36 bits per heavy atom. The van der Waals surface area contributed by atoms with Gasteiger partial charge in [-0.1, -0.05) is 68.8 Å². The fraction of sp³-hybridized carbons (Fsp3) is 0.333. The Kier molecular flexibility index (Phi) is 6.77. The zero-order valence-corrected chi connectivity index (χ0v) is 16.1. The fourth-order valence-corrected chi connectivity index (χ4v) is 2.84. The molecule has 25 heavy (non-hydrogen) atoms. The summed E-state index contributed by atoms with van der Waals surface area (Å²) in [7, 11) is 1.93. The maximum atomic E-state index is 8.31. The van der Waals surface area contributed by atoms with Crippen LogP contribution in [0.2, 0.25) is 0 Å². The van der Waals surface area contributed by atoms with Gasteiger partial charge in [0.1, 0.15) is 0 Å². The van der Waals surface area contributed by atoms with Crippen molar-refractivity contribution < 1.29 is 0 Å². The van der Waals surface area contributed by atoms with E-state index in [0.29, 0.717) is 11.2 Å². The number of nitrogens with one attached hydrogen (secondary N) is 1. The third-order valence-electron chi connectivity index (χ3n) is 4.82. The molecule has 1 N–H and O–H groups in total. The first-order valence-corrected chi connectivity index (χ1v) is 9.03. The van der Waals surface area contributed by atoms with E-state index in [4.69, 9.17) is 17.0 Å². The zero-order chi connectivity index (χ0) is 18.4. The van der Waals surface area contributed by atoms with Gasteiger partial charge in [-0.25, -0.2) is 4.99 Å². The van der Waals surface area contributed by atoms with Gasteiger partial charge in [-0.3, -0.25) is 5.41 Å². The lowest BCUT2D eigenvalue weighted by Crippen LogP contribution is -2.37. The van der Waals surface area contributed by atoms with E-state index in [1.807, 2.05) is 54.4 Å². The minimum Gasteiger partial charge on any atom is -0.347 e. The van der Waals surface area contributed by atoms with Gasteiger partial charge in [0, 0.05) is 18.7 Å². The number of halogens is 1. The highest BCUT2D eigenvalue weighted by atomic mass is 35.5. The number of amidine groups is 2. The maximum Gasteiger partial charge on any atom is 0.200 e. The molecule has 0 saturated carbocycles. The Bertz CT molecular complexity index is 740. The number of rotatable bonds is 5. The molecule has 2 atom stereocenters. The number of nitrogens with zero attached hydrogens (tertiary/aromatic N) is 2. The van der Waals surface area contributed by atoms with Gasteiger partial charge in [0.25, 0.3) is 0 Å². The van der Waals surface area contributed by atoms with E-state index in [-0.39, 0.29) is 11.9 Å². The molecule has 1 unspecified atom stereocenters. The van der Waals surface area contributed by atoms with Crippen molar-refractivity contribution in [3.05, 3.63) is 60.2 Å². The minimum atomic E-state index is 0.172. The first kappa shape index (κ1) is 19.2. The van der Waals surface area contributed by atoms with E-state index >= 15 is 0 Å². The summed E-state index contributed by atoms with van der Waals surface area (Å²) >= 11 is 6.36. The second-order valence-electron chi connectivity index (χ2n) is 6.41. The van der Waals surface area contributed by atoms with E-state index in [1.165, 1.54) is 0 Å². The molecule has 132 valence electrons. The van der Waals surface area contributed by atoms with Gasteiger partial charge in [0.15, 0.2) is 5.84 Å². The van der Waals surface area contributed by atoms with Crippen LogP contribution in [0.3, 0.4) is 0 Å². The summed E-state index contributed by atoms with van der Waals surface area (Å²) in [4.78, 5) is 6.25. The predicted octanol–water partition coefficient (Wildman–Crippen LogP) is 5.64. The average molecular weight is 356 g/mol. The summed E-state index contributed by atoms with van der Waals surface area (Å²) < 4.78 is 0. The van der Waals surface area contributed by atoms with Crippen LogP contribution < -0.4 is 0 Å². The van der Waals surface area contributed by atoms with Crippen LogP contribution in [0.25, 0.3) is 11.1 Å². The summed E-state index contributed by atoms with van der Waals surface area (Å²) in [5.74, 6) is 0.676. The van der Waals surface area contributed by atoms with Crippen molar-refractivity contribution in [2.24, 2.45) is 10.9 Å². The highest BCUT2D eigenvalue weighted by Crippen LogP contribution is 2.21. The van der Waals surface area contributed by atoms with Crippen molar-refractivity contribution in [1.29, 1.82) is 5.41 Å². The minimum absolute atomic E-state index is 0.172. The molecule has 0 aliphatic rings. The van der Waals surface area contributed by atoms with E-state index in [9.17, 15) is 0 Å². The first-order valence-electron chi connectivity index (χ1n) is 8.65. The smallest absolute Gasteiger partial charge is 0.200 e. The van der Waals surface area contributed by atoms with Gasteiger partial charge in [0.05, 0.1) is 0 Å². The first-order chi connectivity index (χ1) is 11.9. The summed E-state index contributed by atoms with van der Waals surface area (Å²) in [6.07, 6.45) is 1.08. The number of hydrogen-bond acceptors (Lipinski definition) is 1. The lowest BCUT2D eigenvalue weighted by Gasteiger charge is -2.29. The van der Waals surface area contributed by atoms with Crippen LogP contribution in [0.1, 0.15) is 32.8 Å². The Morgan fingerprint density at radius 1 is 1.08 bits per heavy atom. The van der Waals surface area contributed by atoms with Crippen LogP contribution >= 0.6 is 11.6 Å². The molecule has 4 heteroatoms. The molecular formula is C21H26ClN3. The van der Waals surface area contributed by atoms with Crippen molar-refractivity contribution >= 4 is 22.7 Å². The lowest BCUT2D eigenvalue weighted by atomic mass is 10.0. The van der Waals surface area contributed by atoms with Crippen LogP contribution in [0, 0.1) is 11.3 Å². The monoisotopic (exact) mass is 355 g/mol. The molecule has 0 amide bonds. The summed E-state index contributed by atoms with van der Waals surface area (Å²) in [5.41, 5.74) is 2.94. The Labute approximate surface area is 155 Å². The topological polar surface area (TPSA) is 39.5 Å². The third kappa shape index (κ3) is 4.93. The van der Waals surface area contributed by atoms with Crippen LogP contribution in [-0.4, -0.2) is 29.1 Å². The van der Waals surface area contributed by atoms with Gasteiger partial charge in [0.2, 0.25) is 5.29 Å². The van der Waals surface area contributed by atoms with Crippen LogP contribution in [0.4, 0.5) is 0 Å². The molecule has 3 nitrogen and oxygen atoms in total. The normalized spacial score (nSPS) is 14.0. The van der Waals surface area contributed by atoms with Crippen molar-refractivity contribution in [3.63, 3.8) is 0 Å². The van der Waals surface area contributed by atoms with Crippen molar-refractivity contribution in [2.75, 3.05) is 7.05 Å². The van der Waals surface area contributed by atoms with Gasteiger partial charge >= 0.3 is 0 Å². The highest BCUT2D eigenvalue weighted by Gasteiger charge is 2.18. The Hall–Kier alpha value is -2.13. The number of benzene rings is 2. The van der Waals surface area contributed by atoms with Crippen LogP contribution in [-0.2, 0) is 0 Å². The van der Waals surface area contributed by atoms with Gasteiger partial charge in [-0.05, 0) is 41.6 Å². The molecule has 2 rings (SSSR count). The summed E-state index contributed by atoms with van der Waals surface area (Å²) in [6, 6.07) is 18.2. The van der Waals surface area contributed by atoms with E-state index in [1.54, 1.807) is 0 Å². The Morgan fingerprint density at radius 2 is 1.72 bits per heavy atom. The average Bonchev–Trinajstić information content (AvgIpc) is 2.66. The molecule has 0 aliphatic carbocycles. The molecule has 0 spiro atoms. The fourth-order valence-electron chi connectivity index (χ4n) is 2.60. The highest BCUT2D eigenvalue weighted by molar-refractivity contribution is 6.65. The molecule has 0 aliphatic heterocycles. The summed E-state index contributed by atoms with van der Waals surface area (Å²) in [6.45, 7) is 6.49. The van der Waals surface area contributed by atoms with E-state index in [0.717, 1.165) is 23.1 Å².